The smallest absolute Gasteiger partial charge is 0.243 e. The van der Waals surface area contributed by atoms with Crippen LogP contribution in [0, 0.1) is 13.8 Å². The van der Waals surface area contributed by atoms with Gasteiger partial charge in [-0.25, -0.2) is 9.97 Å². The largest absolute Gasteiger partial charge is 0.471 e. The highest BCUT2D eigenvalue weighted by molar-refractivity contribution is 5.74. The number of nitrogens with one attached hydrogen (secondary N) is 1. The van der Waals surface area contributed by atoms with Crippen LogP contribution in [0.15, 0.2) is 30.9 Å². The molecule has 1 aromatic carbocycles. The molecule has 1 N–H and O–H groups in total. The van der Waals surface area contributed by atoms with Gasteiger partial charge in [0.15, 0.2) is 5.65 Å². The Morgan fingerprint density at radius 1 is 1.16 bits per heavy atom. The Morgan fingerprint density at radius 3 is 2.95 bits per heavy atom. The highest BCUT2D eigenvalue weighted by atomic mass is 16.5. The van der Waals surface area contributed by atoms with Crippen LogP contribution in [-0.4, -0.2) is 19.9 Å². The van der Waals surface area contributed by atoms with E-state index < -0.39 is 0 Å². The molecule has 0 atom stereocenters. The van der Waals surface area contributed by atoms with E-state index in [1.807, 2.05) is 6.07 Å². The first-order chi connectivity index (χ1) is 9.25. The SMILES string of the molecule is Cc1cccc(COc2ncnc3nc[nH]c23)c1C. The zero-order valence-corrected chi connectivity index (χ0v) is 10.8. The number of nitrogens with zero attached hydrogens (tertiary/aromatic N) is 3. The molecule has 0 spiro atoms. The molecular formula is C14H14N4O. The number of imidazole rings is 1. The van der Waals surface area contributed by atoms with Gasteiger partial charge in [-0.1, -0.05) is 18.2 Å². The Morgan fingerprint density at radius 2 is 2.05 bits per heavy atom. The van der Waals surface area contributed by atoms with Gasteiger partial charge in [0.05, 0.1) is 6.33 Å². The van der Waals surface area contributed by atoms with Crippen molar-refractivity contribution in [1.29, 1.82) is 0 Å². The van der Waals surface area contributed by atoms with Gasteiger partial charge >= 0.3 is 0 Å². The molecule has 0 unspecified atom stereocenters. The first kappa shape index (κ1) is 11.6. The maximum Gasteiger partial charge on any atom is 0.243 e. The predicted molar refractivity (Wildman–Crippen MR) is 71.9 cm³/mol. The van der Waals surface area contributed by atoms with E-state index in [-0.39, 0.29) is 0 Å². The van der Waals surface area contributed by atoms with Crippen molar-refractivity contribution in [3.63, 3.8) is 0 Å². The van der Waals surface area contributed by atoms with E-state index in [4.69, 9.17) is 4.74 Å². The minimum absolute atomic E-state index is 0.485. The fourth-order valence-electron chi connectivity index (χ4n) is 1.97. The molecule has 0 fully saturated rings. The predicted octanol–water partition coefficient (Wildman–Crippen LogP) is 2.55. The second-order valence-electron chi connectivity index (χ2n) is 4.43. The summed E-state index contributed by atoms with van der Waals surface area (Å²) in [7, 11) is 0. The third-order valence-corrected chi connectivity index (χ3v) is 3.27. The average molecular weight is 254 g/mol. The number of hydrogen-bond acceptors (Lipinski definition) is 4. The van der Waals surface area contributed by atoms with Crippen LogP contribution in [0.2, 0.25) is 0 Å². The van der Waals surface area contributed by atoms with Crippen LogP contribution in [-0.2, 0) is 6.61 Å². The molecule has 0 saturated carbocycles. The molecule has 0 bridgehead atoms. The van der Waals surface area contributed by atoms with E-state index in [2.05, 4.69) is 45.9 Å². The highest BCUT2D eigenvalue weighted by Gasteiger charge is 2.08. The second kappa shape index (κ2) is 4.68. The fourth-order valence-corrected chi connectivity index (χ4v) is 1.97. The van der Waals surface area contributed by atoms with E-state index in [9.17, 15) is 0 Å². The van der Waals surface area contributed by atoms with Gasteiger partial charge in [-0.15, -0.1) is 0 Å². The Balaban J connectivity index is 1.86. The van der Waals surface area contributed by atoms with Crippen LogP contribution in [0.5, 0.6) is 5.88 Å². The van der Waals surface area contributed by atoms with Gasteiger partial charge < -0.3 is 9.72 Å². The van der Waals surface area contributed by atoms with Crippen LogP contribution in [0.1, 0.15) is 16.7 Å². The lowest BCUT2D eigenvalue weighted by Gasteiger charge is -2.09. The standard InChI is InChI=1S/C14H14N4O/c1-9-4-3-5-11(10(9)2)6-19-14-12-13(16-7-15-12)17-8-18-14/h3-5,7-8H,6H2,1-2H3,(H,15,16,17,18). The lowest BCUT2D eigenvalue weighted by atomic mass is 10.0. The normalized spacial score (nSPS) is 10.8. The molecule has 0 saturated heterocycles. The van der Waals surface area contributed by atoms with E-state index in [0.717, 1.165) is 11.1 Å². The molecular weight excluding hydrogens is 240 g/mol. The zero-order valence-electron chi connectivity index (χ0n) is 10.8. The molecule has 2 aromatic heterocycles. The van der Waals surface area contributed by atoms with Crippen molar-refractivity contribution in [2.24, 2.45) is 0 Å². The maximum atomic E-state index is 5.78. The Kier molecular flexibility index (Phi) is 2.87. The number of benzene rings is 1. The molecule has 3 rings (SSSR count). The van der Waals surface area contributed by atoms with Crippen molar-refractivity contribution in [2.45, 2.75) is 20.5 Å². The van der Waals surface area contributed by atoms with Gasteiger partial charge in [0.25, 0.3) is 0 Å². The Hall–Kier alpha value is -2.43. The third kappa shape index (κ3) is 2.14. The summed E-state index contributed by atoms with van der Waals surface area (Å²) in [5.74, 6) is 0.531. The molecule has 0 aliphatic carbocycles. The van der Waals surface area contributed by atoms with Crippen LogP contribution in [0.3, 0.4) is 0 Å². The molecule has 2 heterocycles. The molecule has 19 heavy (non-hydrogen) atoms. The van der Waals surface area contributed by atoms with Crippen molar-refractivity contribution in [2.75, 3.05) is 0 Å². The number of H-pyrrole nitrogens is 1. The Labute approximate surface area is 110 Å². The summed E-state index contributed by atoms with van der Waals surface area (Å²) in [6.07, 6.45) is 3.05. The monoisotopic (exact) mass is 254 g/mol. The Bertz CT molecular complexity index is 720. The molecule has 0 radical (unpaired) electrons. The molecule has 0 aliphatic heterocycles. The van der Waals surface area contributed by atoms with E-state index in [1.165, 1.54) is 17.5 Å². The third-order valence-electron chi connectivity index (χ3n) is 3.27. The summed E-state index contributed by atoms with van der Waals surface area (Å²) in [6, 6.07) is 6.19. The van der Waals surface area contributed by atoms with Gasteiger partial charge in [0, 0.05) is 0 Å². The fraction of sp³-hybridized carbons (Fsp3) is 0.214. The second-order valence-corrected chi connectivity index (χ2v) is 4.43. The quantitative estimate of drug-likeness (QED) is 0.780. The maximum absolute atomic E-state index is 5.78. The van der Waals surface area contributed by atoms with E-state index in [0.29, 0.717) is 18.1 Å². The number of fused-ring (bicyclic) bond motifs is 1. The zero-order chi connectivity index (χ0) is 13.2. The van der Waals surface area contributed by atoms with Gasteiger partial charge in [-0.2, -0.15) is 4.98 Å². The summed E-state index contributed by atoms with van der Waals surface area (Å²) < 4.78 is 5.78. The van der Waals surface area contributed by atoms with Gasteiger partial charge in [0.2, 0.25) is 5.88 Å². The van der Waals surface area contributed by atoms with Crippen molar-refractivity contribution in [1.82, 2.24) is 19.9 Å². The molecule has 0 amide bonds. The van der Waals surface area contributed by atoms with Crippen molar-refractivity contribution >= 4 is 11.2 Å². The lowest BCUT2D eigenvalue weighted by Crippen LogP contribution is -2.01. The van der Waals surface area contributed by atoms with Gasteiger partial charge in [-0.3, -0.25) is 0 Å². The van der Waals surface area contributed by atoms with Crippen molar-refractivity contribution in [3.8, 4) is 5.88 Å². The minimum atomic E-state index is 0.485. The summed E-state index contributed by atoms with van der Waals surface area (Å²) in [6.45, 7) is 4.68. The number of aromatic nitrogens is 4. The number of aromatic amines is 1. The van der Waals surface area contributed by atoms with Crippen molar-refractivity contribution in [3.05, 3.63) is 47.5 Å². The van der Waals surface area contributed by atoms with Crippen LogP contribution >= 0.6 is 0 Å². The average Bonchev–Trinajstić information content (AvgIpc) is 2.89. The van der Waals surface area contributed by atoms with E-state index in [1.54, 1.807) is 6.33 Å². The topological polar surface area (TPSA) is 63.7 Å². The number of rotatable bonds is 3. The lowest BCUT2D eigenvalue weighted by molar-refractivity contribution is 0.296. The van der Waals surface area contributed by atoms with Gasteiger partial charge in [-0.05, 0) is 30.5 Å². The van der Waals surface area contributed by atoms with Crippen LogP contribution in [0.25, 0.3) is 11.2 Å². The van der Waals surface area contributed by atoms with Crippen LogP contribution < -0.4 is 4.74 Å². The number of aryl methyl sites for hydroxylation is 1. The van der Waals surface area contributed by atoms with E-state index >= 15 is 0 Å². The summed E-state index contributed by atoms with van der Waals surface area (Å²) in [5.41, 5.74) is 5.01. The number of ether oxygens (including phenoxy) is 1. The van der Waals surface area contributed by atoms with Gasteiger partial charge in [0.1, 0.15) is 18.5 Å². The first-order valence-electron chi connectivity index (χ1n) is 6.07. The molecule has 0 aliphatic rings. The van der Waals surface area contributed by atoms with Crippen molar-refractivity contribution < 1.29 is 4.74 Å². The summed E-state index contributed by atoms with van der Waals surface area (Å²) in [5, 5.41) is 0. The molecule has 96 valence electrons. The molecule has 5 nitrogen and oxygen atoms in total. The molecule has 3 aromatic rings. The first-order valence-corrected chi connectivity index (χ1v) is 6.07. The molecule has 5 heteroatoms. The van der Waals surface area contributed by atoms with Crippen LogP contribution in [0.4, 0.5) is 0 Å². The minimum Gasteiger partial charge on any atom is -0.471 e. The number of hydrogen-bond donors (Lipinski definition) is 1. The summed E-state index contributed by atoms with van der Waals surface area (Å²) >= 11 is 0. The highest BCUT2D eigenvalue weighted by Crippen LogP contribution is 2.20. The summed E-state index contributed by atoms with van der Waals surface area (Å²) in [4.78, 5) is 15.3.